The highest BCUT2D eigenvalue weighted by Gasteiger charge is 2.28. The van der Waals surface area contributed by atoms with Gasteiger partial charge in [-0.25, -0.2) is 9.59 Å². The molecule has 1 amide bonds. The highest BCUT2D eigenvalue weighted by Crippen LogP contribution is 2.39. The first-order valence-corrected chi connectivity index (χ1v) is 9.85. The highest BCUT2D eigenvalue weighted by molar-refractivity contribution is 7.17. The zero-order chi connectivity index (χ0) is 19.9. The van der Waals surface area contributed by atoms with E-state index in [9.17, 15) is 14.4 Å². The molecule has 2 aromatic rings. The van der Waals surface area contributed by atoms with Crippen molar-refractivity contribution < 1.29 is 28.6 Å². The average molecular weight is 403 g/mol. The predicted molar refractivity (Wildman–Crippen MR) is 104 cm³/mol. The second-order valence-electron chi connectivity index (χ2n) is 6.09. The molecule has 148 valence electrons. The van der Waals surface area contributed by atoms with Gasteiger partial charge in [0.15, 0.2) is 13.2 Å². The molecule has 1 N–H and O–H groups in total. The third kappa shape index (κ3) is 4.89. The van der Waals surface area contributed by atoms with Crippen molar-refractivity contribution in [3.8, 4) is 5.75 Å². The summed E-state index contributed by atoms with van der Waals surface area (Å²) in [6.45, 7) is 1.25. The van der Waals surface area contributed by atoms with E-state index in [0.717, 1.165) is 29.7 Å². The van der Waals surface area contributed by atoms with Crippen molar-refractivity contribution >= 4 is 34.2 Å². The number of amides is 1. The number of rotatable bonds is 8. The van der Waals surface area contributed by atoms with Crippen LogP contribution in [0.25, 0.3) is 0 Å². The molecule has 0 saturated heterocycles. The molecule has 1 aliphatic carbocycles. The standard InChI is InChI=1S/C20H21NO6S/c1-2-25-20(24)18-14-9-6-10-15(14)28-19(18)21-16(22)11-27-17(23)12-26-13-7-4-3-5-8-13/h3-5,7-8H,2,6,9-12H2,1H3,(H,21,22). The monoisotopic (exact) mass is 403 g/mol. The molecule has 7 nitrogen and oxygen atoms in total. The van der Waals surface area contributed by atoms with Crippen molar-refractivity contribution in [2.75, 3.05) is 25.1 Å². The van der Waals surface area contributed by atoms with E-state index >= 15 is 0 Å². The van der Waals surface area contributed by atoms with E-state index < -0.39 is 24.5 Å². The first-order chi connectivity index (χ1) is 13.6. The molecular weight excluding hydrogens is 382 g/mol. The van der Waals surface area contributed by atoms with E-state index in [1.807, 2.05) is 6.07 Å². The molecule has 28 heavy (non-hydrogen) atoms. The van der Waals surface area contributed by atoms with Crippen LogP contribution in [-0.4, -0.2) is 37.7 Å². The van der Waals surface area contributed by atoms with Crippen molar-refractivity contribution in [2.45, 2.75) is 26.2 Å². The Labute approximate surface area is 166 Å². The predicted octanol–water partition coefficient (Wildman–Crippen LogP) is 2.97. The zero-order valence-electron chi connectivity index (χ0n) is 15.5. The number of carbonyl (C=O) groups is 3. The number of hydrogen-bond donors (Lipinski definition) is 1. The SMILES string of the molecule is CCOC(=O)c1c(NC(=O)COC(=O)COc2ccccc2)sc2c1CCC2. The topological polar surface area (TPSA) is 90.9 Å². The quantitative estimate of drug-likeness (QED) is 0.682. The maximum atomic E-state index is 12.3. The third-order valence-corrected chi connectivity index (χ3v) is 5.33. The molecule has 1 heterocycles. The fourth-order valence-electron chi connectivity index (χ4n) is 2.92. The Hall–Kier alpha value is -2.87. The van der Waals surface area contributed by atoms with Gasteiger partial charge in [-0.3, -0.25) is 4.79 Å². The summed E-state index contributed by atoms with van der Waals surface area (Å²) < 4.78 is 15.3. The van der Waals surface area contributed by atoms with E-state index in [4.69, 9.17) is 14.2 Å². The molecule has 0 fully saturated rings. The highest BCUT2D eigenvalue weighted by atomic mass is 32.1. The molecule has 0 atom stereocenters. The second-order valence-corrected chi connectivity index (χ2v) is 7.20. The summed E-state index contributed by atoms with van der Waals surface area (Å²) >= 11 is 1.37. The van der Waals surface area contributed by atoms with E-state index in [1.165, 1.54) is 11.3 Å². The lowest BCUT2D eigenvalue weighted by Gasteiger charge is -2.09. The van der Waals surface area contributed by atoms with E-state index in [2.05, 4.69) is 5.32 Å². The zero-order valence-corrected chi connectivity index (χ0v) is 16.3. The van der Waals surface area contributed by atoms with Gasteiger partial charge in [0.1, 0.15) is 10.8 Å². The summed E-state index contributed by atoms with van der Waals surface area (Å²) in [7, 11) is 0. The fourth-order valence-corrected chi connectivity index (χ4v) is 4.21. The number of esters is 2. The number of thiophene rings is 1. The van der Waals surface area contributed by atoms with E-state index in [0.29, 0.717) is 16.3 Å². The van der Waals surface area contributed by atoms with Gasteiger partial charge in [-0.2, -0.15) is 0 Å². The van der Waals surface area contributed by atoms with Crippen LogP contribution >= 0.6 is 11.3 Å². The molecule has 0 saturated carbocycles. The smallest absolute Gasteiger partial charge is 0.344 e. The van der Waals surface area contributed by atoms with Crippen molar-refractivity contribution in [3.63, 3.8) is 0 Å². The average Bonchev–Trinajstić information content (AvgIpc) is 3.26. The first-order valence-electron chi connectivity index (χ1n) is 9.03. The summed E-state index contributed by atoms with van der Waals surface area (Å²) in [5, 5.41) is 3.12. The molecule has 1 aliphatic rings. The molecule has 0 radical (unpaired) electrons. The number of para-hydroxylation sites is 1. The lowest BCUT2D eigenvalue weighted by molar-refractivity contribution is -0.149. The van der Waals surface area contributed by atoms with Crippen LogP contribution in [0.3, 0.4) is 0 Å². The van der Waals surface area contributed by atoms with Crippen LogP contribution in [-0.2, 0) is 31.9 Å². The number of ether oxygens (including phenoxy) is 3. The number of nitrogens with one attached hydrogen (secondary N) is 1. The van der Waals surface area contributed by atoms with E-state index in [-0.39, 0.29) is 13.2 Å². The van der Waals surface area contributed by atoms with Crippen LogP contribution in [0, 0.1) is 0 Å². The van der Waals surface area contributed by atoms with Gasteiger partial charge in [-0.05, 0) is 43.9 Å². The maximum absolute atomic E-state index is 12.3. The Balaban J connectivity index is 1.53. The minimum atomic E-state index is -0.654. The Bertz CT molecular complexity index is 861. The molecule has 0 bridgehead atoms. The number of benzene rings is 1. The van der Waals surface area contributed by atoms with E-state index in [1.54, 1.807) is 31.2 Å². The van der Waals surface area contributed by atoms with Crippen LogP contribution in [0.5, 0.6) is 5.75 Å². The van der Waals surface area contributed by atoms with Crippen molar-refractivity contribution in [1.82, 2.24) is 0 Å². The van der Waals surface area contributed by atoms with Crippen LogP contribution in [0.4, 0.5) is 5.00 Å². The summed E-state index contributed by atoms with van der Waals surface area (Å²) in [4.78, 5) is 37.3. The van der Waals surface area contributed by atoms with Gasteiger partial charge in [0.05, 0.1) is 12.2 Å². The molecular formula is C20H21NO6S. The molecule has 3 rings (SSSR count). The third-order valence-electron chi connectivity index (χ3n) is 4.12. The maximum Gasteiger partial charge on any atom is 0.344 e. The number of aryl methyl sites for hydroxylation is 1. The summed E-state index contributed by atoms with van der Waals surface area (Å²) in [5.74, 6) is -1.07. The number of fused-ring (bicyclic) bond motifs is 1. The summed E-state index contributed by atoms with van der Waals surface area (Å²) in [5.41, 5.74) is 1.37. The Morgan fingerprint density at radius 1 is 1.07 bits per heavy atom. The summed E-state index contributed by atoms with van der Waals surface area (Å²) in [6, 6.07) is 8.83. The van der Waals surface area contributed by atoms with Gasteiger partial charge in [-0.1, -0.05) is 18.2 Å². The molecule has 0 unspecified atom stereocenters. The van der Waals surface area contributed by atoms with Crippen LogP contribution < -0.4 is 10.1 Å². The number of anilines is 1. The van der Waals surface area contributed by atoms with Crippen molar-refractivity contribution in [2.24, 2.45) is 0 Å². The minimum Gasteiger partial charge on any atom is -0.482 e. The van der Waals surface area contributed by atoms with Crippen molar-refractivity contribution in [3.05, 3.63) is 46.3 Å². The fraction of sp³-hybridized carbons (Fsp3) is 0.350. The minimum absolute atomic E-state index is 0.260. The second kappa shape index (κ2) is 9.36. The van der Waals surface area contributed by atoms with Crippen LogP contribution in [0.2, 0.25) is 0 Å². The molecule has 1 aromatic carbocycles. The molecule has 0 aliphatic heterocycles. The van der Waals surface area contributed by atoms with Gasteiger partial charge in [-0.15, -0.1) is 11.3 Å². The van der Waals surface area contributed by atoms with Gasteiger partial charge < -0.3 is 19.5 Å². The number of carbonyl (C=O) groups excluding carboxylic acids is 3. The largest absolute Gasteiger partial charge is 0.482 e. The van der Waals surface area contributed by atoms with Crippen LogP contribution in [0.1, 0.15) is 34.1 Å². The lowest BCUT2D eigenvalue weighted by atomic mass is 10.1. The first kappa shape index (κ1) is 19.9. The lowest BCUT2D eigenvalue weighted by Crippen LogP contribution is -2.24. The Morgan fingerprint density at radius 2 is 1.86 bits per heavy atom. The normalized spacial score (nSPS) is 12.2. The summed E-state index contributed by atoms with van der Waals surface area (Å²) in [6.07, 6.45) is 2.66. The Kier molecular flexibility index (Phi) is 6.65. The number of hydrogen-bond acceptors (Lipinski definition) is 7. The van der Waals surface area contributed by atoms with Crippen LogP contribution in [0.15, 0.2) is 30.3 Å². The molecule has 8 heteroatoms. The van der Waals surface area contributed by atoms with Gasteiger partial charge in [0, 0.05) is 4.88 Å². The van der Waals surface area contributed by atoms with Gasteiger partial charge in [0.2, 0.25) is 0 Å². The van der Waals surface area contributed by atoms with Gasteiger partial charge in [0.25, 0.3) is 5.91 Å². The molecule has 1 aromatic heterocycles. The van der Waals surface area contributed by atoms with Gasteiger partial charge >= 0.3 is 11.9 Å². The van der Waals surface area contributed by atoms with Crippen molar-refractivity contribution in [1.29, 1.82) is 0 Å². The molecule has 0 spiro atoms. The Morgan fingerprint density at radius 3 is 2.61 bits per heavy atom.